The summed E-state index contributed by atoms with van der Waals surface area (Å²) >= 11 is 0. The van der Waals surface area contributed by atoms with Crippen LogP contribution >= 0.6 is 0 Å². The fourth-order valence-electron chi connectivity index (χ4n) is 2.61. The summed E-state index contributed by atoms with van der Waals surface area (Å²) < 4.78 is 51.9. The van der Waals surface area contributed by atoms with Gasteiger partial charge in [-0.25, -0.2) is 4.39 Å². The highest BCUT2D eigenvalue weighted by molar-refractivity contribution is 5.81. The Labute approximate surface area is 126 Å². The highest BCUT2D eigenvalue weighted by atomic mass is 19.4. The van der Waals surface area contributed by atoms with Gasteiger partial charge in [0.05, 0.1) is 17.4 Å². The predicted molar refractivity (Wildman–Crippen MR) is 78.6 cm³/mol. The van der Waals surface area contributed by atoms with Crippen molar-refractivity contribution in [3.63, 3.8) is 0 Å². The zero-order valence-corrected chi connectivity index (χ0v) is 12.3. The maximum Gasteiger partial charge on any atom is 0.416 e. The molecule has 0 aromatic heterocycles. The standard InChI is InChI=1S/C15H19F4N3/c1-2-22(9-12-4-3-5-14(20)21-12)13-7-10(15(17,18)19)6-11(16)8-13/h6-8,12H,2-5,9H2,1H3,(H2,20,21)/t12-/m1/s1. The molecule has 0 radical (unpaired) electrons. The molecule has 22 heavy (non-hydrogen) atoms. The Balaban J connectivity index is 2.23. The number of halogens is 4. The second kappa shape index (κ2) is 6.54. The zero-order chi connectivity index (χ0) is 16.3. The average Bonchev–Trinajstić information content (AvgIpc) is 2.43. The maximum atomic E-state index is 13.5. The largest absolute Gasteiger partial charge is 0.416 e. The molecule has 0 fully saturated rings. The van der Waals surface area contributed by atoms with E-state index in [2.05, 4.69) is 4.99 Å². The first kappa shape index (κ1) is 16.6. The van der Waals surface area contributed by atoms with Crippen LogP contribution in [0.15, 0.2) is 23.2 Å². The lowest BCUT2D eigenvalue weighted by Gasteiger charge is -2.29. The van der Waals surface area contributed by atoms with E-state index < -0.39 is 17.6 Å². The molecule has 0 saturated heterocycles. The van der Waals surface area contributed by atoms with Gasteiger partial charge in [-0.05, 0) is 38.0 Å². The number of nitrogens with zero attached hydrogens (tertiary/aromatic N) is 2. The third-order valence-corrected chi connectivity index (χ3v) is 3.71. The van der Waals surface area contributed by atoms with Crippen molar-refractivity contribution in [2.45, 2.75) is 38.4 Å². The van der Waals surface area contributed by atoms with E-state index in [0.717, 1.165) is 31.4 Å². The Morgan fingerprint density at radius 1 is 1.32 bits per heavy atom. The van der Waals surface area contributed by atoms with Gasteiger partial charge in [0.1, 0.15) is 5.82 Å². The highest BCUT2D eigenvalue weighted by Gasteiger charge is 2.32. The van der Waals surface area contributed by atoms with Crippen LogP contribution in [-0.4, -0.2) is 25.0 Å². The van der Waals surface area contributed by atoms with E-state index in [1.807, 2.05) is 6.92 Å². The van der Waals surface area contributed by atoms with Crippen LogP contribution in [0.4, 0.5) is 23.2 Å². The first-order valence-electron chi connectivity index (χ1n) is 7.24. The molecule has 1 atom stereocenters. The van der Waals surface area contributed by atoms with Gasteiger partial charge >= 0.3 is 6.18 Å². The minimum atomic E-state index is -4.57. The lowest BCUT2D eigenvalue weighted by Crippen LogP contribution is -2.35. The van der Waals surface area contributed by atoms with E-state index >= 15 is 0 Å². The Morgan fingerprint density at radius 3 is 2.64 bits per heavy atom. The molecule has 2 rings (SSSR count). The van der Waals surface area contributed by atoms with Crippen LogP contribution in [0.2, 0.25) is 0 Å². The van der Waals surface area contributed by atoms with E-state index in [9.17, 15) is 17.6 Å². The summed E-state index contributed by atoms with van der Waals surface area (Å²) in [7, 11) is 0. The second-order valence-electron chi connectivity index (χ2n) is 5.40. The maximum absolute atomic E-state index is 13.5. The molecule has 1 aromatic carbocycles. The number of aliphatic imine (C=N–C) groups is 1. The van der Waals surface area contributed by atoms with Crippen LogP contribution in [0.25, 0.3) is 0 Å². The van der Waals surface area contributed by atoms with Gasteiger partial charge in [-0.2, -0.15) is 13.2 Å². The SMILES string of the molecule is CCN(C[C@H]1CCCC(N)=N1)c1cc(F)cc(C(F)(F)F)c1. The van der Waals surface area contributed by atoms with Crippen molar-refractivity contribution in [2.75, 3.05) is 18.0 Å². The molecule has 0 unspecified atom stereocenters. The average molecular weight is 317 g/mol. The van der Waals surface area contributed by atoms with Gasteiger partial charge in [0.25, 0.3) is 0 Å². The summed E-state index contributed by atoms with van der Waals surface area (Å²) in [6.45, 7) is 2.71. The lowest BCUT2D eigenvalue weighted by atomic mass is 10.0. The summed E-state index contributed by atoms with van der Waals surface area (Å²) in [5, 5.41) is 0. The van der Waals surface area contributed by atoms with E-state index in [1.54, 1.807) is 4.90 Å². The number of hydrogen-bond donors (Lipinski definition) is 1. The fraction of sp³-hybridized carbons (Fsp3) is 0.533. The highest BCUT2D eigenvalue weighted by Crippen LogP contribution is 2.33. The molecule has 1 aliphatic rings. The van der Waals surface area contributed by atoms with E-state index in [-0.39, 0.29) is 11.7 Å². The molecule has 7 heteroatoms. The summed E-state index contributed by atoms with van der Waals surface area (Å²) in [5.41, 5.74) is 4.95. The van der Waals surface area contributed by atoms with Gasteiger partial charge < -0.3 is 10.6 Å². The number of amidine groups is 1. The van der Waals surface area contributed by atoms with Crippen molar-refractivity contribution < 1.29 is 17.6 Å². The van der Waals surface area contributed by atoms with Crippen molar-refractivity contribution in [3.8, 4) is 0 Å². The van der Waals surface area contributed by atoms with E-state index in [0.29, 0.717) is 25.0 Å². The molecule has 0 amide bonds. The molecule has 122 valence electrons. The fourth-order valence-corrected chi connectivity index (χ4v) is 2.61. The molecule has 0 spiro atoms. The van der Waals surface area contributed by atoms with Crippen molar-refractivity contribution in [1.82, 2.24) is 0 Å². The monoisotopic (exact) mass is 317 g/mol. The van der Waals surface area contributed by atoms with Crippen LogP contribution in [0.3, 0.4) is 0 Å². The smallest absolute Gasteiger partial charge is 0.387 e. The van der Waals surface area contributed by atoms with Gasteiger partial charge in [0, 0.05) is 25.2 Å². The zero-order valence-electron chi connectivity index (χ0n) is 12.3. The van der Waals surface area contributed by atoms with Gasteiger partial charge in [-0.1, -0.05) is 0 Å². The molecular weight excluding hydrogens is 298 g/mol. The van der Waals surface area contributed by atoms with Gasteiger partial charge in [0.2, 0.25) is 0 Å². The van der Waals surface area contributed by atoms with Crippen molar-refractivity contribution in [3.05, 3.63) is 29.6 Å². The van der Waals surface area contributed by atoms with Crippen LogP contribution < -0.4 is 10.6 Å². The predicted octanol–water partition coefficient (Wildman–Crippen LogP) is 3.58. The van der Waals surface area contributed by atoms with Crippen LogP contribution in [-0.2, 0) is 6.18 Å². The second-order valence-corrected chi connectivity index (χ2v) is 5.40. The molecule has 2 N–H and O–H groups in total. The number of likely N-dealkylation sites (N-methyl/N-ethyl adjacent to an activating group) is 1. The number of hydrogen-bond acceptors (Lipinski definition) is 3. The first-order valence-corrected chi connectivity index (χ1v) is 7.24. The van der Waals surface area contributed by atoms with E-state index in [1.165, 1.54) is 0 Å². The van der Waals surface area contributed by atoms with Gasteiger partial charge in [0.15, 0.2) is 0 Å². The summed E-state index contributed by atoms with van der Waals surface area (Å²) in [4.78, 5) is 6.03. The van der Waals surface area contributed by atoms with Gasteiger partial charge in [-0.3, -0.25) is 4.99 Å². The van der Waals surface area contributed by atoms with E-state index in [4.69, 9.17) is 5.73 Å². The molecule has 1 aliphatic heterocycles. The molecule has 0 aliphatic carbocycles. The summed E-state index contributed by atoms with van der Waals surface area (Å²) in [6, 6.07) is 2.54. The first-order chi connectivity index (χ1) is 10.3. The molecule has 0 saturated carbocycles. The third-order valence-electron chi connectivity index (χ3n) is 3.71. The van der Waals surface area contributed by atoms with Gasteiger partial charge in [-0.15, -0.1) is 0 Å². The molecule has 0 bridgehead atoms. The topological polar surface area (TPSA) is 41.6 Å². The molecule has 3 nitrogen and oxygen atoms in total. The number of rotatable bonds is 4. The lowest BCUT2D eigenvalue weighted by molar-refractivity contribution is -0.137. The van der Waals surface area contributed by atoms with Crippen LogP contribution in [0.1, 0.15) is 31.7 Å². The molecule has 1 aromatic rings. The molecular formula is C15H19F4N3. The number of nitrogens with two attached hydrogens (primary N) is 1. The quantitative estimate of drug-likeness (QED) is 0.863. The Bertz CT molecular complexity index is 554. The minimum Gasteiger partial charge on any atom is -0.387 e. The summed E-state index contributed by atoms with van der Waals surface area (Å²) in [5.74, 6) is -0.322. The van der Waals surface area contributed by atoms with Crippen LogP contribution in [0.5, 0.6) is 0 Å². The number of anilines is 1. The number of alkyl halides is 3. The number of benzene rings is 1. The van der Waals surface area contributed by atoms with Crippen molar-refractivity contribution in [1.29, 1.82) is 0 Å². The summed E-state index contributed by atoms with van der Waals surface area (Å²) in [6.07, 6.45) is -2.07. The Morgan fingerprint density at radius 2 is 2.05 bits per heavy atom. The Kier molecular flexibility index (Phi) is 4.93. The van der Waals surface area contributed by atoms with Crippen molar-refractivity contribution >= 4 is 11.5 Å². The van der Waals surface area contributed by atoms with Crippen molar-refractivity contribution in [2.24, 2.45) is 10.7 Å². The normalized spacial score (nSPS) is 19.0. The molecule has 1 heterocycles. The minimum absolute atomic E-state index is 0.0636. The third kappa shape index (κ3) is 4.11. The van der Waals surface area contributed by atoms with Crippen LogP contribution in [0, 0.1) is 5.82 Å². The Hall–Kier alpha value is -1.79.